The summed E-state index contributed by atoms with van der Waals surface area (Å²) in [6.45, 7) is 4.18. The number of aromatic nitrogens is 1. The van der Waals surface area contributed by atoms with E-state index in [1.54, 1.807) is 18.3 Å². The van der Waals surface area contributed by atoms with Crippen LogP contribution in [-0.4, -0.2) is 37.2 Å². The molecule has 0 aromatic carbocycles. The Morgan fingerprint density at radius 3 is 3.06 bits per heavy atom. The third-order valence-electron chi connectivity index (χ3n) is 2.17. The van der Waals surface area contributed by atoms with Gasteiger partial charge in [-0.15, -0.1) is 0 Å². The van der Waals surface area contributed by atoms with Crippen molar-refractivity contribution in [1.82, 2.24) is 10.3 Å². The van der Waals surface area contributed by atoms with Crippen molar-refractivity contribution in [2.24, 2.45) is 5.73 Å². The van der Waals surface area contributed by atoms with E-state index in [2.05, 4.69) is 10.3 Å². The molecule has 1 aromatic heterocycles. The number of aryl methyl sites for hydroxylation is 1. The number of nitrogens with zero attached hydrogens (tertiary/aromatic N) is 1. The Bertz CT molecular complexity index is 355. The summed E-state index contributed by atoms with van der Waals surface area (Å²) in [6, 6.07) is 3.47. The summed E-state index contributed by atoms with van der Waals surface area (Å²) in [5, 5.41) is 2.83. The van der Waals surface area contributed by atoms with Crippen molar-refractivity contribution < 1.29 is 9.53 Å². The van der Waals surface area contributed by atoms with Crippen LogP contribution in [0.25, 0.3) is 0 Å². The molecule has 17 heavy (non-hydrogen) atoms. The molecule has 0 radical (unpaired) electrons. The number of pyridine rings is 1. The van der Waals surface area contributed by atoms with Crippen molar-refractivity contribution in [2.45, 2.75) is 13.3 Å². The number of hydrogen-bond acceptors (Lipinski definition) is 4. The Balaban J connectivity index is 2.21. The van der Waals surface area contributed by atoms with E-state index in [4.69, 9.17) is 10.5 Å². The molecule has 0 atom stereocenters. The molecule has 0 aliphatic rings. The van der Waals surface area contributed by atoms with E-state index in [1.807, 2.05) is 6.92 Å². The molecule has 0 unspecified atom stereocenters. The van der Waals surface area contributed by atoms with Gasteiger partial charge in [-0.05, 0) is 25.5 Å². The van der Waals surface area contributed by atoms with E-state index >= 15 is 0 Å². The highest BCUT2D eigenvalue weighted by molar-refractivity contribution is 5.94. The van der Waals surface area contributed by atoms with E-state index in [1.165, 1.54) is 0 Å². The lowest BCUT2D eigenvalue weighted by molar-refractivity contribution is 0.0943. The van der Waals surface area contributed by atoms with E-state index in [0.717, 1.165) is 12.1 Å². The molecule has 0 saturated carbocycles. The zero-order valence-corrected chi connectivity index (χ0v) is 10.1. The van der Waals surface area contributed by atoms with Gasteiger partial charge in [-0.25, -0.2) is 0 Å². The summed E-state index contributed by atoms with van der Waals surface area (Å²) in [5.74, 6) is -0.0747. The lowest BCUT2D eigenvalue weighted by Crippen LogP contribution is -2.25. The maximum absolute atomic E-state index is 11.7. The van der Waals surface area contributed by atoms with Crippen molar-refractivity contribution in [3.05, 3.63) is 29.6 Å². The molecule has 0 fully saturated rings. The lowest BCUT2D eigenvalue weighted by Gasteiger charge is -2.06. The van der Waals surface area contributed by atoms with Crippen LogP contribution in [0.15, 0.2) is 18.3 Å². The van der Waals surface area contributed by atoms with Gasteiger partial charge in [0.15, 0.2) is 0 Å². The molecule has 0 bridgehead atoms. The number of amides is 1. The maximum atomic E-state index is 11.7. The first-order valence-corrected chi connectivity index (χ1v) is 5.72. The third kappa shape index (κ3) is 5.42. The predicted molar refractivity (Wildman–Crippen MR) is 65.8 cm³/mol. The first kappa shape index (κ1) is 13.6. The van der Waals surface area contributed by atoms with Crippen LogP contribution in [0.3, 0.4) is 0 Å². The maximum Gasteiger partial charge on any atom is 0.251 e. The molecule has 0 aliphatic heterocycles. The Kier molecular flexibility index (Phi) is 6.21. The van der Waals surface area contributed by atoms with Crippen LogP contribution in [0.4, 0.5) is 0 Å². The topological polar surface area (TPSA) is 77.2 Å². The first-order valence-electron chi connectivity index (χ1n) is 5.72. The fourth-order valence-corrected chi connectivity index (χ4v) is 1.35. The fourth-order valence-electron chi connectivity index (χ4n) is 1.35. The summed E-state index contributed by atoms with van der Waals surface area (Å²) in [4.78, 5) is 15.7. The molecule has 1 rings (SSSR count). The number of hydrogen-bond donors (Lipinski definition) is 2. The van der Waals surface area contributed by atoms with Gasteiger partial charge in [0.25, 0.3) is 5.91 Å². The smallest absolute Gasteiger partial charge is 0.251 e. The molecular weight excluding hydrogens is 218 g/mol. The van der Waals surface area contributed by atoms with Crippen LogP contribution in [-0.2, 0) is 4.74 Å². The summed E-state index contributed by atoms with van der Waals surface area (Å²) < 4.78 is 5.20. The Morgan fingerprint density at radius 2 is 2.35 bits per heavy atom. The molecule has 1 heterocycles. The largest absolute Gasteiger partial charge is 0.380 e. The van der Waals surface area contributed by atoms with Crippen LogP contribution in [0.5, 0.6) is 0 Å². The van der Waals surface area contributed by atoms with Crippen molar-refractivity contribution in [3.8, 4) is 0 Å². The Labute approximate surface area is 101 Å². The number of carbonyl (C=O) groups excluding carboxylic acids is 1. The van der Waals surface area contributed by atoms with Gasteiger partial charge < -0.3 is 15.8 Å². The van der Waals surface area contributed by atoms with Crippen molar-refractivity contribution >= 4 is 5.91 Å². The van der Waals surface area contributed by atoms with Crippen LogP contribution < -0.4 is 11.1 Å². The van der Waals surface area contributed by atoms with Gasteiger partial charge >= 0.3 is 0 Å². The second kappa shape index (κ2) is 7.76. The average molecular weight is 237 g/mol. The minimum atomic E-state index is -0.0747. The van der Waals surface area contributed by atoms with Gasteiger partial charge in [0.05, 0.1) is 6.61 Å². The van der Waals surface area contributed by atoms with Crippen molar-refractivity contribution in [3.63, 3.8) is 0 Å². The second-order valence-corrected chi connectivity index (χ2v) is 3.70. The van der Waals surface area contributed by atoms with Gasteiger partial charge in [0.2, 0.25) is 0 Å². The molecule has 1 amide bonds. The molecule has 5 heteroatoms. The zero-order valence-electron chi connectivity index (χ0n) is 10.1. The van der Waals surface area contributed by atoms with Gasteiger partial charge in [0, 0.05) is 37.2 Å². The number of nitrogens with two attached hydrogens (primary N) is 1. The highest BCUT2D eigenvalue weighted by Crippen LogP contribution is 2.00. The van der Waals surface area contributed by atoms with Crippen LogP contribution >= 0.6 is 0 Å². The van der Waals surface area contributed by atoms with E-state index in [0.29, 0.717) is 31.9 Å². The third-order valence-corrected chi connectivity index (χ3v) is 2.17. The summed E-state index contributed by atoms with van der Waals surface area (Å²) in [7, 11) is 0. The van der Waals surface area contributed by atoms with Gasteiger partial charge in [-0.1, -0.05) is 0 Å². The normalized spacial score (nSPS) is 10.2. The molecule has 3 N–H and O–H groups in total. The number of rotatable bonds is 7. The van der Waals surface area contributed by atoms with E-state index < -0.39 is 0 Å². The Morgan fingerprint density at radius 1 is 1.53 bits per heavy atom. The SMILES string of the molecule is Cc1cc(C(=O)NCCCOCCN)ccn1. The fraction of sp³-hybridized carbons (Fsp3) is 0.500. The van der Waals surface area contributed by atoms with Crippen molar-refractivity contribution in [1.29, 1.82) is 0 Å². The summed E-state index contributed by atoms with van der Waals surface area (Å²) >= 11 is 0. The molecular formula is C12H19N3O2. The average Bonchev–Trinajstić information content (AvgIpc) is 2.33. The highest BCUT2D eigenvalue weighted by atomic mass is 16.5. The number of carbonyl (C=O) groups is 1. The number of nitrogens with one attached hydrogen (secondary N) is 1. The van der Waals surface area contributed by atoms with Gasteiger partial charge in [0.1, 0.15) is 0 Å². The lowest BCUT2D eigenvalue weighted by atomic mass is 10.2. The molecule has 0 spiro atoms. The molecule has 0 aliphatic carbocycles. The Hall–Kier alpha value is -1.46. The standard InChI is InChI=1S/C12H19N3O2/c1-10-9-11(3-6-14-10)12(16)15-5-2-7-17-8-4-13/h3,6,9H,2,4-5,7-8,13H2,1H3,(H,15,16). The second-order valence-electron chi connectivity index (χ2n) is 3.70. The van der Waals surface area contributed by atoms with Crippen LogP contribution in [0, 0.1) is 6.92 Å². The minimum Gasteiger partial charge on any atom is -0.380 e. The van der Waals surface area contributed by atoms with E-state index in [9.17, 15) is 4.79 Å². The van der Waals surface area contributed by atoms with E-state index in [-0.39, 0.29) is 5.91 Å². The zero-order chi connectivity index (χ0) is 12.5. The summed E-state index contributed by atoms with van der Waals surface area (Å²) in [6.07, 6.45) is 2.42. The predicted octanol–water partition coefficient (Wildman–Crippen LogP) is 0.485. The first-order chi connectivity index (χ1) is 8.24. The monoisotopic (exact) mass is 237 g/mol. The molecule has 1 aromatic rings. The molecule has 94 valence electrons. The molecule has 0 saturated heterocycles. The van der Waals surface area contributed by atoms with Crippen LogP contribution in [0.2, 0.25) is 0 Å². The number of ether oxygens (including phenoxy) is 1. The summed E-state index contributed by atoms with van der Waals surface area (Å²) in [5.41, 5.74) is 6.76. The highest BCUT2D eigenvalue weighted by Gasteiger charge is 2.04. The molecule has 5 nitrogen and oxygen atoms in total. The quantitative estimate of drug-likeness (QED) is 0.676. The van der Waals surface area contributed by atoms with Gasteiger partial charge in [-0.3, -0.25) is 9.78 Å². The van der Waals surface area contributed by atoms with Gasteiger partial charge in [-0.2, -0.15) is 0 Å². The van der Waals surface area contributed by atoms with Crippen molar-refractivity contribution in [2.75, 3.05) is 26.3 Å². The van der Waals surface area contributed by atoms with Crippen LogP contribution in [0.1, 0.15) is 22.5 Å². The minimum absolute atomic E-state index is 0.0747.